The number of rotatable bonds is 7. The Kier molecular flexibility index (Phi) is 6.23. The fourth-order valence-electron chi connectivity index (χ4n) is 4.41. The van der Waals surface area contributed by atoms with E-state index in [0.717, 1.165) is 43.4 Å². The van der Waals surface area contributed by atoms with Crippen molar-refractivity contribution in [2.75, 3.05) is 0 Å². The number of carbonyl (C=O) groups is 2. The monoisotopic (exact) mass is 438 g/mol. The first-order valence-corrected chi connectivity index (χ1v) is 12.1. The van der Waals surface area contributed by atoms with E-state index >= 15 is 0 Å². The Labute approximate surface area is 186 Å². The highest BCUT2D eigenvalue weighted by Gasteiger charge is 2.36. The predicted molar refractivity (Wildman–Crippen MR) is 125 cm³/mol. The summed E-state index contributed by atoms with van der Waals surface area (Å²) >= 11 is 1.40. The SMILES string of the molecule is CCC(CC)NC(=O)c1ccc(-c2cnc3[nH]cc(C(=O)C4(C)CCCCC4)c3n2)s1. The summed E-state index contributed by atoms with van der Waals surface area (Å²) in [6, 6.07) is 3.91. The minimum absolute atomic E-state index is 0.0540. The maximum Gasteiger partial charge on any atom is 0.261 e. The summed E-state index contributed by atoms with van der Waals surface area (Å²) in [5.41, 5.74) is 2.22. The molecule has 31 heavy (non-hydrogen) atoms. The van der Waals surface area contributed by atoms with Crippen LogP contribution >= 0.6 is 11.3 Å². The molecule has 3 heterocycles. The average Bonchev–Trinajstić information content (AvgIpc) is 3.44. The molecule has 0 unspecified atom stereocenters. The van der Waals surface area contributed by atoms with Crippen LogP contribution in [0.1, 0.15) is 85.7 Å². The molecule has 2 N–H and O–H groups in total. The number of fused-ring (bicyclic) bond motifs is 1. The number of hydrogen-bond donors (Lipinski definition) is 2. The zero-order valence-corrected chi connectivity index (χ0v) is 19.3. The normalized spacial score (nSPS) is 16.0. The Morgan fingerprint density at radius 2 is 1.94 bits per heavy atom. The molecule has 0 bridgehead atoms. The standard InChI is InChI=1S/C24H30N4O2S/c1-4-15(5-2)27-23(30)19-10-9-18(31-19)17-14-26-22-20(28-17)16(13-25-22)21(29)24(3)11-7-6-8-12-24/h9-10,13-15H,4-8,11-12H2,1-3H3,(H,25,26)(H,27,30). The summed E-state index contributed by atoms with van der Waals surface area (Å²) in [6.45, 7) is 6.22. The number of thiophene rings is 1. The number of hydrogen-bond acceptors (Lipinski definition) is 5. The molecular formula is C24H30N4O2S. The Morgan fingerprint density at radius 3 is 2.65 bits per heavy atom. The van der Waals surface area contributed by atoms with Crippen LogP contribution in [-0.2, 0) is 0 Å². The van der Waals surface area contributed by atoms with E-state index in [9.17, 15) is 9.59 Å². The van der Waals surface area contributed by atoms with Crippen molar-refractivity contribution in [3.05, 3.63) is 35.0 Å². The number of nitrogens with one attached hydrogen (secondary N) is 2. The molecule has 1 saturated carbocycles. The molecule has 0 aliphatic heterocycles. The van der Waals surface area contributed by atoms with E-state index in [4.69, 9.17) is 4.98 Å². The van der Waals surface area contributed by atoms with Crippen LogP contribution in [0.15, 0.2) is 24.5 Å². The lowest BCUT2D eigenvalue weighted by Crippen LogP contribution is -2.33. The van der Waals surface area contributed by atoms with Gasteiger partial charge in [0.15, 0.2) is 11.4 Å². The molecule has 1 amide bonds. The zero-order chi connectivity index (χ0) is 22.0. The van der Waals surface area contributed by atoms with Gasteiger partial charge in [-0.1, -0.05) is 40.0 Å². The Morgan fingerprint density at radius 1 is 1.19 bits per heavy atom. The van der Waals surface area contributed by atoms with Crippen LogP contribution in [0.25, 0.3) is 21.7 Å². The quantitative estimate of drug-likeness (QED) is 0.459. The van der Waals surface area contributed by atoms with Gasteiger partial charge < -0.3 is 10.3 Å². The van der Waals surface area contributed by atoms with Gasteiger partial charge in [-0.15, -0.1) is 11.3 Å². The van der Waals surface area contributed by atoms with Crippen molar-refractivity contribution < 1.29 is 9.59 Å². The number of nitrogens with zero attached hydrogens (tertiary/aromatic N) is 2. The van der Waals surface area contributed by atoms with Gasteiger partial charge in [-0.05, 0) is 37.8 Å². The van der Waals surface area contributed by atoms with Gasteiger partial charge in [-0.3, -0.25) is 9.59 Å². The fourth-order valence-corrected chi connectivity index (χ4v) is 5.28. The smallest absolute Gasteiger partial charge is 0.261 e. The lowest BCUT2D eigenvalue weighted by Gasteiger charge is -2.31. The van der Waals surface area contributed by atoms with Crippen LogP contribution < -0.4 is 5.32 Å². The van der Waals surface area contributed by atoms with Crippen LogP contribution in [0.5, 0.6) is 0 Å². The molecule has 7 heteroatoms. The first kappa shape index (κ1) is 21.7. The largest absolute Gasteiger partial charge is 0.349 e. The molecule has 6 nitrogen and oxygen atoms in total. The zero-order valence-electron chi connectivity index (χ0n) is 18.5. The van der Waals surface area contributed by atoms with E-state index in [-0.39, 0.29) is 23.1 Å². The summed E-state index contributed by atoms with van der Waals surface area (Å²) < 4.78 is 0. The molecule has 1 aliphatic rings. The van der Waals surface area contributed by atoms with Crippen molar-refractivity contribution in [1.82, 2.24) is 20.3 Å². The second-order valence-electron chi connectivity index (χ2n) is 8.76. The van der Waals surface area contributed by atoms with E-state index in [1.807, 2.05) is 12.1 Å². The van der Waals surface area contributed by atoms with Crippen LogP contribution in [-0.4, -0.2) is 32.7 Å². The molecule has 1 fully saturated rings. The highest BCUT2D eigenvalue weighted by atomic mass is 32.1. The second kappa shape index (κ2) is 8.91. The third kappa shape index (κ3) is 4.28. The Bertz CT molecular complexity index is 1090. The summed E-state index contributed by atoms with van der Waals surface area (Å²) in [5, 5.41) is 3.07. The van der Waals surface area contributed by atoms with Crippen molar-refractivity contribution >= 4 is 34.2 Å². The second-order valence-corrected chi connectivity index (χ2v) is 9.84. The topological polar surface area (TPSA) is 87.7 Å². The van der Waals surface area contributed by atoms with Gasteiger partial charge >= 0.3 is 0 Å². The van der Waals surface area contributed by atoms with Crippen LogP contribution in [0.4, 0.5) is 0 Å². The van der Waals surface area contributed by atoms with Gasteiger partial charge in [0.1, 0.15) is 5.52 Å². The maximum atomic E-state index is 13.4. The van der Waals surface area contributed by atoms with E-state index < -0.39 is 0 Å². The molecule has 0 atom stereocenters. The third-order valence-electron chi connectivity index (χ3n) is 6.53. The average molecular weight is 439 g/mol. The number of H-pyrrole nitrogens is 1. The minimum Gasteiger partial charge on any atom is -0.349 e. The number of carbonyl (C=O) groups excluding carboxylic acids is 2. The van der Waals surface area contributed by atoms with Gasteiger partial charge in [-0.25, -0.2) is 9.97 Å². The van der Waals surface area contributed by atoms with Crippen molar-refractivity contribution in [3.8, 4) is 10.6 Å². The lowest BCUT2D eigenvalue weighted by atomic mass is 9.71. The molecule has 164 valence electrons. The molecule has 3 aromatic heterocycles. The molecule has 3 aromatic rings. The minimum atomic E-state index is -0.325. The van der Waals surface area contributed by atoms with Crippen molar-refractivity contribution in [3.63, 3.8) is 0 Å². The highest BCUT2D eigenvalue weighted by molar-refractivity contribution is 7.17. The first-order chi connectivity index (χ1) is 14.9. The first-order valence-electron chi connectivity index (χ1n) is 11.2. The van der Waals surface area contributed by atoms with E-state index in [1.54, 1.807) is 12.4 Å². The molecule has 4 rings (SSSR count). The number of Topliss-reactive ketones (excluding diaryl/α,β-unsaturated/α-hetero) is 1. The van der Waals surface area contributed by atoms with Crippen LogP contribution in [0.3, 0.4) is 0 Å². The summed E-state index contributed by atoms with van der Waals surface area (Å²) in [7, 11) is 0. The van der Waals surface area contributed by atoms with Gasteiger partial charge in [-0.2, -0.15) is 0 Å². The number of ketones is 1. The Hall–Kier alpha value is -2.54. The van der Waals surface area contributed by atoms with Crippen molar-refractivity contribution in [2.24, 2.45) is 5.41 Å². The summed E-state index contributed by atoms with van der Waals surface area (Å²) in [4.78, 5) is 39.8. The Balaban J connectivity index is 1.61. The molecule has 0 aromatic carbocycles. The van der Waals surface area contributed by atoms with E-state index in [1.165, 1.54) is 17.8 Å². The van der Waals surface area contributed by atoms with Crippen molar-refractivity contribution in [2.45, 2.75) is 71.8 Å². The van der Waals surface area contributed by atoms with E-state index in [2.05, 4.69) is 36.1 Å². The fraction of sp³-hybridized carbons (Fsp3) is 0.500. The third-order valence-corrected chi connectivity index (χ3v) is 7.64. The van der Waals surface area contributed by atoms with Gasteiger partial charge in [0.25, 0.3) is 5.91 Å². The maximum absolute atomic E-state index is 13.4. The van der Waals surface area contributed by atoms with Gasteiger partial charge in [0.05, 0.1) is 27.2 Å². The molecule has 0 spiro atoms. The predicted octanol–water partition coefficient (Wildman–Crippen LogP) is 5.76. The summed E-state index contributed by atoms with van der Waals surface area (Å²) in [6.07, 6.45) is 10.5. The van der Waals surface area contributed by atoms with Gasteiger partial charge in [0.2, 0.25) is 0 Å². The summed E-state index contributed by atoms with van der Waals surface area (Å²) in [5.74, 6) is 0.100. The number of aromatic amines is 1. The molecule has 0 saturated heterocycles. The van der Waals surface area contributed by atoms with Crippen molar-refractivity contribution in [1.29, 1.82) is 0 Å². The van der Waals surface area contributed by atoms with Crippen LogP contribution in [0, 0.1) is 5.41 Å². The molecule has 0 radical (unpaired) electrons. The molecule has 1 aliphatic carbocycles. The highest BCUT2D eigenvalue weighted by Crippen LogP contribution is 2.39. The number of aromatic nitrogens is 3. The van der Waals surface area contributed by atoms with Crippen LogP contribution in [0.2, 0.25) is 0 Å². The number of amides is 1. The molecular weight excluding hydrogens is 408 g/mol. The lowest BCUT2D eigenvalue weighted by molar-refractivity contribution is 0.0751. The van der Waals surface area contributed by atoms with E-state index in [0.29, 0.717) is 27.3 Å². The van der Waals surface area contributed by atoms with Gasteiger partial charge in [0, 0.05) is 17.7 Å².